The van der Waals surface area contributed by atoms with Crippen LogP contribution in [0.4, 0.5) is 0 Å². The van der Waals surface area contributed by atoms with E-state index in [9.17, 15) is 8.42 Å². The Kier molecular flexibility index (Phi) is 10.8. The van der Waals surface area contributed by atoms with Gasteiger partial charge in [0.05, 0.1) is 0 Å². The summed E-state index contributed by atoms with van der Waals surface area (Å²) in [4.78, 5) is 0. The molecule has 0 aromatic carbocycles. The van der Waals surface area contributed by atoms with E-state index >= 15 is 0 Å². The molecule has 0 saturated carbocycles. The fourth-order valence-electron chi connectivity index (χ4n) is 0.753. The van der Waals surface area contributed by atoms with E-state index in [-0.39, 0.29) is 29.6 Å². The molecule has 0 bridgehead atoms. The van der Waals surface area contributed by atoms with E-state index < -0.39 is 10.3 Å². The van der Waals surface area contributed by atoms with Crippen molar-refractivity contribution in [3.8, 4) is 0 Å². The van der Waals surface area contributed by atoms with Crippen LogP contribution in [0, 0.1) is 0 Å². The topological polar surface area (TPSA) is 66.4 Å². The van der Waals surface area contributed by atoms with Gasteiger partial charge in [-0.25, -0.2) is 0 Å². The van der Waals surface area contributed by atoms with Crippen LogP contribution in [0.5, 0.6) is 0 Å². The van der Waals surface area contributed by atoms with Gasteiger partial charge in [0.2, 0.25) is 0 Å². The third-order valence-electron chi connectivity index (χ3n) is 1.31. The summed E-state index contributed by atoms with van der Waals surface area (Å²) in [6.07, 6.45) is 4.01. The molecule has 2 N–H and O–H groups in total. The van der Waals surface area contributed by atoms with Crippen LogP contribution in [-0.4, -0.2) is 49.1 Å². The number of unbranched alkanes of at least 4 members (excludes halogenated alkanes) is 3. The average molecular weight is 205 g/mol. The fraction of sp³-hybridized carbons (Fsp3) is 1.00. The van der Waals surface area contributed by atoms with Crippen molar-refractivity contribution < 1.29 is 13.0 Å². The van der Waals surface area contributed by atoms with Crippen LogP contribution >= 0.6 is 0 Å². The SMILES string of the molecule is CCCCCCNS(=O)(=O)O.[NaH]. The Morgan fingerprint density at radius 2 is 1.83 bits per heavy atom. The van der Waals surface area contributed by atoms with Crippen molar-refractivity contribution in [2.45, 2.75) is 32.6 Å². The molecular formula is C6H16NNaO3S. The molecule has 12 heavy (non-hydrogen) atoms. The molecule has 0 aliphatic rings. The molecule has 0 rings (SSSR count). The average Bonchev–Trinajstić information content (AvgIpc) is 1.85. The summed E-state index contributed by atoms with van der Waals surface area (Å²) in [6, 6.07) is 0. The van der Waals surface area contributed by atoms with E-state index in [4.69, 9.17) is 4.55 Å². The van der Waals surface area contributed by atoms with E-state index in [0.29, 0.717) is 6.54 Å². The molecule has 6 heteroatoms. The summed E-state index contributed by atoms with van der Waals surface area (Å²) in [5.74, 6) is 0. The van der Waals surface area contributed by atoms with Crippen molar-refractivity contribution in [2.75, 3.05) is 6.54 Å². The number of rotatable bonds is 6. The molecule has 0 aromatic rings. The number of hydrogen-bond acceptors (Lipinski definition) is 2. The van der Waals surface area contributed by atoms with E-state index in [1.807, 2.05) is 4.72 Å². The van der Waals surface area contributed by atoms with Crippen LogP contribution in [0.3, 0.4) is 0 Å². The number of hydrogen-bond donors (Lipinski definition) is 2. The van der Waals surface area contributed by atoms with Crippen molar-refractivity contribution in [2.24, 2.45) is 0 Å². The summed E-state index contributed by atoms with van der Waals surface area (Å²) < 4.78 is 30.5. The Morgan fingerprint density at radius 1 is 1.25 bits per heavy atom. The molecule has 0 aliphatic heterocycles. The Hall–Kier alpha value is 0.870. The maximum absolute atomic E-state index is 10.1. The molecule has 70 valence electrons. The monoisotopic (exact) mass is 205 g/mol. The molecule has 0 unspecified atom stereocenters. The first kappa shape index (κ1) is 15.3. The van der Waals surface area contributed by atoms with Gasteiger partial charge in [-0.3, -0.25) is 4.55 Å². The quantitative estimate of drug-likeness (QED) is 0.372. The fourth-order valence-corrected chi connectivity index (χ4v) is 1.16. The standard InChI is InChI=1S/C6H15NO3S.Na.H/c1-2-3-4-5-6-7-11(8,9)10;;/h7H,2-6H2,1H3,(H,8,9,10);;. The zero-order valence-electron chi connectivity index (χ0n) is 6.71. The Labute approximate surface area is 96.3 Å². The van der Waals surface area contributed by atoms with Gasteiger partial charge in [-0.05, 0) is 6.42 Å². The maximum atomic E-state index is 10.1. The van der Waals surface area contributed by atoms with Gasteiger partial charge >= 0.3 is 39.9 Å². The van der Waals surface area contributed by atoms with E-state index in [0.717, 1.165) is 25.7 Å². The zero-order valence-corrected chi connectivity index (χ0v) is 7.52. The molecule has 0 amide bonds. The summed E-state index contributed by atoms with van der Waals surface area (Å²) >= 11 is 0. The van der Waals surface area contributed by atoms with Crippen LogP contribution in [0.15, 0.2) is 0 Å². The van der Waals surface area contributed by atoms with E-state index in [1.54, 1.807) is 0 Å². The van der Waals surface area contributed by atoms with Crippen LogP contribution in [0.25, 0.3) is 0 Å². The van der Waals surface area contributed by atoms with Gasteiger partial charge in [-0.15, -0.1) is 0 Å². The molecule has 0 aromatic heterocycles. The summed E-state index contributed by atoms with van der Waals surface area (Å²) in [7, 11) is -3.96. The Balaban J connectivity index is 0. The third-order valence-corrected chi connectivity index (χ3v) is 1.88. The van der Waals surface area contributed by atoms with Gasteiger partial charge in [-0.1, -0.05) is 26.2 Å². The zero-order chi connectivity index (χ0) is 8.74. The van der Waals surface area contributed by atoms with Crippen LogP contribution in [0.1, 0.15) is 32.6 Å². The summed E-state index contributed by atoms with van der Waals surface area (Å²) in [6.45, 7) is 2.41. The Bertz CT molecular complexity index is 181. The summed E-state index contributed by atoms with van der Waals surface area (Å²) in [5, 5.41) is 0. The molecule has 0 spiro atoms. The molecule has 4 nitrogen and oxygen atoms in total. The second kappa shape index (κ2) is 8.47. The van der Waals surface area contributed by atoms with Crippen molar-refractivity contribution >= 4 is 39.9 Å². The van der Waals surface area contributed by atoms with Gasteiger partial charge in [0, 0.05) is 6.54 Å². The van der Waals surface area contributed by atoms with Crippen molar-refractivity contribution in [3.63, 3.8) is 0 Å². The molecule has 0 radical (unpaired) electrons. The van der Waals surface area contributed by atoms with Gasteiger partial charge in [0.1, 0.15) is 0 Å². The normalized spacial score (nSPS) is 10.8. The molecule has 0 heterocycles. The minimum absolute atomic E-state index is 0. The van der Waals surface area contributed by atoms with Gasteiger partial charge in [-0.2, -0.15) is 13.1 Å². The molecule has 0 saturated heterocycles. The predicted molar refractivity (Wildman–Crippen MR) is 50.8 cm³/mol. The van der Waals surface area contributed by atoms with E-state index in [2.05, 4.69) is 6.92 Å². The third kappa shape index (κ3) is 13.5. The summed E-state index contributed by atoms with van der Waals surface area (Å²) in [5.41, 5.74) is 0. The van der Waals surface area contributed by atoms with Gasteiger partial charge in [0.15, 0.2) is 0 Å². The molecule has 0 atom stereocenters. The van der Waals surface area contributed by atoms with E-state index in [1.165, 1.54) is 0 Å². The van der Waals surface area contributed by atoms with Crippen LogP contribution < -0.4 is 4.72 Å². The molecular weight excluding hydrogens is 189 g/mol. The number of nitrogens with one attached hydrogen (secondary N) is 1. The Morgan fingerprint density at radius 3 is 2.25 bits per heavy atom. The second-order valence-electron chi connectivity index (χ2n) is 2.43. The van der Waals surface area contributed by atoms with Crippen molar-refractivity contribution in [1.29, 1.82) is 0 Å². The first-order chi connectivity index (χ1) is 5.06. The molecule has 0 aliphatic carbocycles. The minimum atomic E-state index is -3.96. The van der Waals surface area contributed by atoms with Crippen molar-refractivity contribution in [3.05, 3.63) is 0 Å². The predicted octanol–water partition coefficient (Wildman–Crippen LogP) is 0.311. The first-order valence-corrected chi connectivity index (χ1v) is 5.22. The second-order valence-corrected chi connectivity index (χ2v) is 3.67. The van der Waals surface area contributed by atoms with Gasteiger partial charge in [0.25, 0.3) is 0 Å². The first-order valence-electron chi connectivity index (χ1n) is 3.78. The van der Waals surface area contributed by atoms with Crippen LogP contribution in [-0.2, 0) is 10.3 Å². The van der Waals surface area contributed by atoms with Crippen LogP contribution in [0.2, 0.25) is 0 Å². The van der Waals surface area contributed by atoms with Gasteiger partial charge < -0.3 is 0 Å². The van der Waals surface area contributed by atoms with Crippen molar-refractivity contribution in [1.82, 2.24) is 4.72 Å². The molecule has 0 fully saturated rings.